The molecule has 0 spiro atoms. The number of benzene rings is 1. The molecule has 1 unspecified atom stereocenters. The van der Waals surface area contributed by atoms with Gasteiger partial charge in [-0.2, -0.15) is 0 Å². The number of hydrogen-bond donors (Lipinski definition) is 1. The van der Waals surface area contributed by atoms with Crippen molar-refractivity contribution in [2.75, 3.05) is 11.5 Å². The van der Waals surface area contributed by atoms with Crippen LogP contribution in [0.2, 0.25) is 0 Å². The van der Waals surface area contributed by atoms with E-state index in [1.54, 1.807) is 32.0 Å². The summed E-state index contributed by atoms with van der Waals surface area (Å²) in [7, 11) is -6.87. The molecule has 1 atom stereocenters. The number of sulfone groups is 1. The molecule has 0 aromatic heterocycles. The Morgan fingerprint density at radius 1 is 1.25 bits per heavy atom. The van der Waals surface area contributed by atoms with Crippen molar-refractivity contribution in [3.63, 3.8) is 0 Å². The van der Waals surface area contributed by atoms with E-state index in [0.29, 0.717) is 12.0 Å². The Labute approximate surface area is 120 Å². The Balaban J connectivity index is 2.33. The fourth-order valence-corrected chi connectivity index (χ4v) is 6.42. The largest absolute Gasteiger partial charge is 0.241 e. The van der Waals surface area contributed by atoms with E-state index in [2.05, 4.69) is 4.72 Å². The summed E-state index contributed by atoms with van der Waals surface area (Å²) < 4.78 is 50.5. The predicted molar refractivity (Wildman–Crippen MR) is 77.9 cm³/mol. The van der Waals surface area contributed by atoms with Crippen LogP contribution in [0.25, 0.3) is 0 Å². The maximum atomic E-state index is 12.4. The minimum absolute atomic E-state index is 0.0267. The average molecular weight is 317 g/mol. The molecular weight excluding hydrogens is 298 g/mol. The van der Waals surface area contributed by atoms with Gasteiger partial charge >= 0.3 is 0 Å². The zero-order valence-corrected chi connectivity index (χ0v) is 13.4. The van der Waals surface area contributed by atoms with Crippen molar-refractivity contribution in [3.8, 4) is 0 Å². The fourth-order valence-electron chi connectivity index (χ4n) is 2.57. The van der Waals surface area contributed by atoms with Gasteiger partial charge in [0.25, 0.3) is 0 Å². The summed E-state index contributed by atoms with van der Waals surface area (Å²) in [4.78, 5) is 0.202. The van der Waals surface area contributed by atoms with E-state index in [9.17, 15) is 16.8 Å². The molecule has 0 radical (unpaired) electrons. The first-order valence-electron chi connectivity index (χ1n) is 6.35. The van der Waals surface area contributed by atoms with Gasteiger partial charge in [0.1, 0.15) is 0 Å². The van der Waals surface area contributed by atoms with E-state index in [0.717, 1.165) is 5.56 Å². The second-order valence-electron chi connectivity index (χ2n) is 5.78. The summed E-state index contributed by atoms with van der Waals surface area (Å²) in [5.41, 5.74) is 0.715. The van der Waals surface area contributed by atoms with E-state index in [-0.39, 0.29) is 16.4 Å². The van der Waals surface area contributed by atoms with Crippen LogP contribution in [0.5, 0.6) is 0 Å². The molecule has 0 amide bonds. The normalized spacial score (nSPS) is 25.8. The Hall–Kier alpha value is -0.920. The van der Waals surface area contributed by atoms with Gasteiger partial charge in [0.15, 0.2) is 9.84 Å². The molecule has 1 aliphatic heterocycles. The van der Waals surface area contributed by atoms with E-state index in [1.165, 1.54) is 0 Å². The van der Waals surface area contributed by atoms with Gasteiger partial charge in [-0.25, -0.2) is 21.6 Å². The third-order valence-electron chi connectivity index (χ3n) is 3.50. The van der Waals surface area contributed by atoms with Crippen molar-refractivity contribution in [2.45, 2.75) is 37.6 Å². The van der Waals surface area contributed by atoms with Crippen LogP contribution in [0.1, 0.15) is 24.5 Å². The van der Waals surface area contributed by atoms with Crippen LogP contribution in [0.3, 0.4) is 0 Å². The topological polar surface area (TPSA) is 80.3 Å². The van der Waals surface area contributed by atoms with Crippen LogP contribution in [0.15, 0.2) is 23.1 Å². The monoisotopic (exact) mass is 317 g/mol. The minimum atomic E-state index is -3.71. The molecule has 1 fully saturated rings. The summed E-state index contributed by atoms with van der Waals surface area (Å²) in [5, 5.41) is 0. The summed E-state index contributed by atoms with van der Waals surface area (Å²) in [6.07, 6.45) is 0.305. The second-order valence-corrected chi connectivity index (χ2v) is 9.61. The van der Waals surface area contributed by atoms with Crippen molar-refractivity contribution >= 4 is 19.9 Å². The molecule has 0 aliphatic carbocycles. The van der Waals surface area contributed by atoms with Gasteiger partial charge in [0, 0.05) is 5.54 Å². The number of rotatable bonds is 3. The molecule has 5 nitrogen and oxygen atoms in total. The van der Waals surface area contributed by atoms with Gasteiger partial charge in [-0.05, 0) is 38.8 Å². The van der Waals surface area contributed by atoms with Gasteiger partial charge < -0.3 is 0 Å². The first-order chi connectivity index (χ1) is 9.03. The quantitative estimate of drug-likeness (QED) is 0.907. The highest BCUT2D eigenvalue weighted by atomic mass is 32.2. The zero-order valence-electron chi connectivity index (χ0n) is 11.8. The molecule has 20 heavy (non-hydrogen) atoms. The Morgan fingerprint density at radius 2 is 1.90 bits per heavy atom. The Kier molecular flexibility index (Phi) is 3.73. The van der Waals surface area contributed by atoms with Crippen molar-refractivity contribution in [3.05, 3.63) is 29.3 Å². The van der Waals surface area contributed by atoms with Crippen LogP contribution in [-0.4, -0.2) is 33.9 Å². The van der Waals surface area contributed by atoms with Gasteiger partial charge in [-0.1, -0.05) is 17.7 Å². The summed E-state index contributed by atoms with van der Waals surface area (Å²) in [5.74, 6) is -0.122. The van der Waals surface area contributed by atoms with Crippen LogP contribution in [-0.2, 0) is 19.9 Å². The molecular formula is C13H19NO4S2. The van der Waals surface area contributed by atoms with Gasteiger partial charge in [-0.15, -0.1) is 0 Å². The third-order valence-corrected chi connectivity index (χ3v) is 7.21. The van der Waals surface area contributed by atoms with Crippen molar-refractivity contribution in [1.82, 2.24) is 4.72 Å². The fraction of sp³-hybridized carbons (Fsp3) is 0.538. The minimum Gasteiger partial charge on any atom is -0.229 e. The van der Waals surface area contributed by atoms with Gasteiger partial charge in [-0.3, -0.25) is 0 Å². The molecule has 1 aromatic rings. The van der Waals surface area contributed by atoms with Crippen LogP contribution in [0, 0.1) is 13.8 Å². The standard InChI is InChI=1S/C13H19NO4S2/c1-10-4-5-12(11(2)8-10)20(17,18)14-13(3)6-7-19(15,16)9-13/h4-5,8,14H,6-7,9H2,1-3H3. The maximum absolute atomic E-state index is 12.4. The van der Waals surface area contributed by atoms with Crippen molar-refractivity contribution in [1.29, 1.82) is 0 Å². The molecule has 112 valence electrons. The molecule has 1 aromatic carbocycles. The van der Waals surface area contributed by atoms with Crippen molar-refractivity contribution in [2.24, 2.45) is 0 Å². The Bertz CT molecular complexity index is 738. The number of hydrogen-bond acceptors (Lipinski definition) is 4. The smallest absolute Gasteiger partial charge is 0.229 e. The lowest BCUT2D eigenvalue weighted by Crippen LogP contribution is -2.46. The predicted octanol–water partition coefficient (Wildman–Crippen LogP) is 1.16. The van der Waals surface area contributed by atoms with Gasteiger partial charge in [0.2, 0.25) is 10.0 Å². The first kappa shape index (κ1) is 15.5. The van der Waals surface area contributed by atoms with Crippen LogP contribution >= 0.6 is 0 Å². The molecule has 0 saturated carbocycles. The highest BCUT2D eigenvalue weighted by Gasteiger charge is 2.41. The number of nitrogens with one attached hydrogen (secondary N) is 1. The molecule has 1 N–H and O–H groups in total. The molecule has 0 bridgehead atoms. The highest BCUT2D eigenvalue weighted by Crippen LogP contribution is 2.26. The van der Waals surface area contributed by atoms with Crippen LogP contribution < -0.4 is 4.72 Å². The van der Waals surface area contributed by atoms with Crippen LogP contribution in [0.4, 0.5) is 0 Å². The summed E-state index contributed by atoms with van der Waals surface area (Å²) in [6, 6.07) is 5.08. The lowest BCUT2D eigenvalue weighted by molar-refractivity contribution is 0.461. The van der Waals surface area contributed by atoms with E-state index in [4.69, 9.17) is 0 Å². The molecule has 1 saturated heterocycles. The Morgan fingerprint density at radius 3 is 2.40 bits per heavy atom. The number of sulfonamides is 1. The molecule has 1 heterocycles. The molecule has 1 aliphatic rings. The lowest BCUT2D eigenvalue weighted by atomic mass is 10.0. The SMILES string of the molecule is Cc1ccc(S(=O)(=O)NC2(C)CCS(=O)(=O)C2)c(C)c1. The summed E-state index contributed by atoms with van der Waals surface area (Å²) in [6.45, 7) is 5.26. The lowest BCUT2D eigenvalue weighted by Gasteiger charge is -2.24. The first-order valence-corrected chi connectivity index (χ1v) is 9.65. The van der Waals surface area contributed by atoms with E-state index in [1.807, 2.05) is 6.92 Å². The zero-order chi connectivity index (χ0) is 15.2. The highest BCUT2D eigenvalue weighted by molar-refractivity contribution is 7.92. The molecule has 7 heteroatoms. The second kappa shape index (κ2) is 4.82. The van der Waals surface area contributed by atoms with E-state index < -0.39 is 25.4 Å². The summed E-state index contributed by atoms with van der Waals surface area (Å²) >= 11 is 0. The third kappa shape index (κ3) is 3.21. The molecule has 2 rings (SSSR count). The average Bonchev–Trinajstić information content (AvgIpc) is 2.50. The number of aryl methyl sites for hydroxylation is 2. The van der Waals surface area contributed by atoms with Crippen molar-refractivity contribution < 1.29 is 16.8 Å². The maximum Gasteiger partial charge on any atom is 0.241 e. The van der Waals surface area contributed by atoms with Gasteiger partial charge in [0.05, 0.1) is 16.4 Å². The van der Waals surface area contributed by atoms with E-state index >= 15 is 0 Å².